The Labute approximate surface area is 162 Å². The van der Waals surface area contributed by atoms with Crippen molar-refractivity contribution < 1.29 is 31.1 Å². The summed E-state index contributed by atoms with van der Waals surface area (Å²) in [7, 11) is 1.48. The van der Waals surface area contributed by atoms with Gasteiger partial charge >= 0.3 is 12.4 Å². The van der Waals surface area contributed by atoms with E-state index < -0.39 is 23.7 Å². The number of methoxy groups -OCH3 is 1. The zero-order chi connectivity index (χ0) is 21.7. The van der Waals surface area contributed by atoms with Crippen LogP contribution in [0.5, 0.6) is 5.75 Å². The molecule has 1 aromatic heterocycles. The van der Waals surface area contributed by atoms with Gasteiger partial charge in [0.15, 0.2) is 0 Å². The molecule has 0 saturated carbocycles. The molecule has 0 amide bonds. The van der Waals surface area contributed by atoms with Crippen LogP contribution in [-0.2, 0) is 19.1 Å². The summed E-state index contributed by atoms with van der Waals surface area (Å²) in [5.41, 5.74) is 2.94. The number of hydrogen-bond donors (Lipinski definition) is 1. The van der Waals surface area contributed by atoms with Gasteiger partial charge in [-0.2, -0.15) is 26.3 Å². The van der Waals surface area contributed by atoms with Gasteiger partial charge in [0.05, 0.1) is 13.7 Å². The third kappa shape index (κ3) is 6.81. The normalized spacial score (nSPS) is 13.5. The Bertz CT molecular complexity index is 886. The minimum Gasteiger partial charge on any atom is -0.497 e. The van der Waals surface area contributed by atoms with Crippen LogP contribution in [0.2, 0.25) is 0 Å². The number of ether oxygens (including phenoxy) is 1. The molecule has 0 bridgehead atoms. The number of benzene rings is 1. The number of nitrogens with zero attached hydrogens (tertiary/aromatic N) is 2. The molecule has 4 nitrogen and oxygen atoms in total. The maximum atomic E-state index is 12.8. The average Bonchev–Trinajstić information content (AvgIpc) is 2.65. The molecule has 0 aliphatic rings. The Morgan fingerprint density at radius 1 is 1.07 bits per heavy atom. The Balaban J connectivity index is 2.32. The lowest BCUT2D eigenvalue weighted by molar-refractivity contribution is -0.141. The summed E-state index contributed by atoms with van der Waals surface area (Å²) in [6.07, 6.45) is -9.21. The quantitative estimate of drug-likeness (QED) is 0.548. The molecule has 2 rings (SSSR count). The summed E-state index contributed by atoms with van der Waals surface area (Å²) in [6, 6.07) is 9.81. The average molecular weight is 417 g/mol. The van der Waals surface area contributed by atoms with Gasteiger partial charge in [0.25, 0.3) is 0 Å². The van der Waals surface area contributed by atoms with E-state index in [0.717, 1.165) is 12.1 Å². The molecule has 156 valence electrons. The molecule has 0 aliphatic carbocycles. The molecule has 0 saturated heterocycles. The van der Waals surface area contributed by atoms with Crippen LogP contribution in [-0.4, -0.2) is 24.0 Å². The molecular formula is C19H17F6N3O. The van der Waals surface area contributed by atoms with Crippen LogP contribution in [0.1, 0.15) is 17.0 Å². The highest BCUT2D eigenvalue weighted by Gasteiger charge is 2.33. The van der Waals surface area contributed by atoms with Crippen molar-refractivity contribution in [3.05, 3.63) is 71.2 Å². The van der Waals surface area contributed by atoms with Gasteiger partial charge < -0.3 is 10.5 Å². The lowest BCUT2D eigenvalue weighted by Crippen LogP contribution is -2.21. The van der Waals surface area contributed by atoms with Gasteiger partial charge in [-0.25, -0.2) is 4.98 Å². The molecule has 0 unspecified atom stereocenters. The largest absolute Gasteiger partial charge is 0.497 e. The first kappa shape index (κ1) is 22.3. The maximum Gasteiger partial charge on any atom is 0.433 e. The highest BCUT2D eigenvalue weighted by atomic mass is 19.4. The molecule has 0 fully saturated rings. The number of allylic oxidation sites excluding steroid dienone is 2. The van der Waals surface area contributed by atoms with Crippen LogP contribution in [0.3, 0.4) is 0 Å². The predicted octanol–water partition coefficient (Wildman–Crippen LogP) is 4.70. The fourth-order valence-corrected chi connectivity index (χ4v) is 2.26. The monoisotopic (exact) mass is 417 g/mol. The summed E-state index contributed by atoms with van der Waals surface area (Å²) >= 11 is 0. The number of hydrogen-bond acceptors (Lipinski definition) is 4. The summed E-state index contributed by atoms with van der Waals surface area (Å²) in [6.45, 7) is -0.0000731. The first-order valence-electron chi connectivity index (χ1n) is 8.23. The minimum atomic E-state index is -4.79. The zero-order valence-electron chi connectivity index (χ0n) is 15.2. The molecule has 1 aromatic carbocycles. The van der Waals surface area contributed by atoms with Gasteiger partial charge in [0, 0.05) is 17.8 Å². The molecule has 0 radical (unpaired) electrons. The summed E-state index contributed by atoms with van der Waals surface area (Å²) in [5, 5.41) is 0. The van der Waals surface area contributed by atoms with Crippen LogP contribution in [0, 0.1) is 0 Å². The molecule has 1 heterocycles. The third-order valence-corrected chi connectivity index (χ3v) is 3.73. The van der Waals surface area contributed by atoms with Crippen LogP contribution in [0.15, 0.2) is 59.2 Å². The van der Waals surface area contributed by atoms with E-state index in [1.165, 1.54) is 13.2 Å². The zero-order valence-corrected chi connectivity index (χ0v) is 15.2. The van der Waals surface area contributed by atoms with Crippen LogP contribution >= 0.6 is 0 Å². The fraction of sp³-hybridized carbons (Fsp3) is 0.263. The smallest absolute Gasteiger partial charge is 0.433 e. The van der Waals surface area contributed by atoms with Crippen LogP contribution < -0.4 is 10.5 Å². The van der Waals surface area contributed by atoms with Crippen molar-refractivity contribution in [1.29, 1.82) is 0 Å². The van der Waals surface area contributed by atoms with Crippen molar-refractivity contribution in [2.24, 2.45) is 10.7 Å². The van der Waals surface area contributed by atoms with Crippen molar-refractivity contribution >= 4 is 5.71 Å². The fourth-order valence-electron chi connectivity index (χ4n) is 2.26. The second kappa shape index (κ2) is 8.97. The predicted molar refractivity (Wildman–Crippen MR) is 95.4 cm³/mol. The molecule has 0 aliphatic heterocycles. The number of nitrogens with two attached hydrogens (primary N) is 1. The standard InChI is InChI=1S/C19H17F6N3O/c1-29-15-7-5-12(6-8-15)11-27-14(10-16(26)18(20,21)22)9-13-3-2-4-17(28-13)19(23,24)25/h2-8,10H,9,11,26H2,1H3/b16-10-,27-14?. The minimum absolute atomic E-state index is 0.0000731. The van der Waals surface area contributed by atoms with Gasteiger partial charge in [0.2, 0.25) is 0 Å². The number of pyridine rings is 1. The van der Waals surface area contributed by atoms with Gasteiger partial charge in [-0.15, -0.1) is 0 Å². The van der Waals surface area contributed by atoms with Gasteiger partial charge in [-0.3, -0.25) is 4.99 Å². The van der Waals surface area contributed by atoms with Crippen molar-refractivity contribution in [2.45, 2.75) is 25.3 Å². The van der Waals surface area contributed by atoms with E-state index in [9.17, 15) is 26.3 Å². The molecule has 10 heteroatoms. The summed E-state index contributed by atoms with van der Waals surface area (Å²) in [5.74, 6) is 0.590. The topological polar surface area (TPSA) is 60.5 Å². The number of aliphatic imine (C=N–C) groups is 1. The van der Waals surface area contributed by atoms with E-state index in [2.05, 4.69) is 9.98 Å². The van der Waals surface area contributed by atoms with Gasteiger partial charge in [0.1, 0.15) is 17.1 Å². The van der Waals surface area contributed by atoms with E-state index in [1.54, 1.807) is 24.3 Å². The first-order valence-corrected chi connectivity index (χ1v) is 8.23. The van der Waals surface area contributed by atoms with Crippen molar-refractivity contribution in [1.82, 2.24) is 4.98 Å². The van der Waals surface area contributed by atoms with Crippen LogP contribution in [0.25, 0.3) is 0 Å². The summed E-state index contributed by atoms with van der Waals surface area (Å²) < 4.78 is 81.8. The Hall–Kier alpha value is -3.04. The van der Waals surface area contributed by atoms with E-state index >= 15 is 0 Å². The Morgan fingerprint density at radius 3 is 2.28 bits per heavy atom. The van der Waals surface area contributed by atoms with Crippen molar-refractivity contribution in [2.75, 3.05) is 7.11 Å². The second-order valence-electron chi connectivity index (χ2n) is 5.94. The van der Waals surface area contributed by atoms with E-state index in [0.29, 0.717) is 17.4 Å². The summed E-state index contributed by atoms with van der Waals surface area (Å²) in [4.78, 5) is 7.55. The Morgan fingerprint density at radius 2 is 1.72 bits per heavy atom. The Kier molecular flexibility index (Phi) is 6.89. The molecule has 2 aromatic rings. The number of aromatic nitrogens is 1. The van der Waals surface area contributed by atoms with E-state index in [1.807, 2.05) is 0 Å². The number of rotatable bonds is 6. The van der Waals surface area contributed by atoms with Gasteiger partial charge in [-0.05, 0) is 35.9 Å². The first-order chi connectivity index (χ1) is 13.5. The number of halogens is 6. The van der Waals surface area contributed by atoms with E-state index in [4.69, 9.17) is 10.5 Å². The number of alkyl halides is 6. The lowest BCUT2D eigenvalue weighted by atomic mass is 10.1. The molecule has 0 atom stereocenters. The molecule has 2 N–H and O–H groups in total. The van der Waals surface area contributed by atoms with Crippen LogP contribution in [0.4, 0.5) is 26.3 Å². The maximum absolute atomic E-state index is 12.8. The van der Waals surface area contributed by atoms with Crippen molar-refractivity contribution in [3.63, 3.8) is 0 Å². The second-order valence-corrected chi connectivity index (χ2v) is 5.94. The lowest BCUT2D eigenvalue weighted by Gasteiger charge is -2.10. The van der Waals surface area contributed by atoms with Gasteiger partial charge in [-0.1, -0.05) is 18.2 Å². The molecule has 29 heavy (non-hydrogen) atoms. The molecular weight excluding hydrogens is 400 g/mol. The highest BCUT2D eigenvalue weighted by Crippen LogP contribution is 2.27. The van der Waals surface area contributed by atoms with E-state index in [-0.39, 0.29) is 24.4 Å². The third-order valence-electron chi connectivity index (χ3n) is 3.73. The highest BCUT2D eigenvalue weighted by molar-refractivity contribution is 5.96. The molecule has 0 spiro atoms. The SMILES string of the molecule is COc1ccc(CN=C(/C=C(\N)C(F)(F)F)Cc2cccc(C(F)(F)F)n2)cc1. The van der Waals surface area contributed by atoms with Crippen molar-refractivity contribution in [3.8, 4) is 5.75 Å².